The summed E-state index contributed by atoms with van der Waals surface area (Å²) in [5.41, 5.74) is 0.947. The van der Waals surface area contributed by atoms with E-state index < -0.39 is 14.9 Å². The number of piperazine rings is 1. The van der Waals surface area contributed by atoms with Gasteiger partial charge in [0.15, 0.2) is 0 Å². The van der Waals surface area contributed by atoms with Crippen LogP contribution in [0, 0.1) is 10.1 Å². The second-order valence-electron chi connectivity index (χ2n) is 6.97. The number of amides is 2. The molecule has 0 unspecified atom stereocenters. The lowest BCUT2D eigenvalue weighted by Gasteiger charge is -2.35. The van der Waals surface area contributed by atoms with Crippen molar-refractivity contribution >= 4 is 33.1 Å². The quantitative estimate of drug-likeness (QED) is 0.571. The summed E-state index contributed by atoms with van der Waals surface area (Å²) in [6.45, 7) is 1.67. The molecule has 1 aliphatic rings. The molecule has 10 nitrogen and oxygen atoms in total. The van der Waals surface area contributed by atoms with Gasteiger partial charge in [0.1, 0.15) is 5.69 Å². The Morgan fingerprint density at radius 2 is 1.73 bits per heavy atom. The van der Waals surface area contributed by atoms with Crippen molar-refractivity contribution in [3.63, 3.8) is 0 Å². The van der Waals surface area contributed by atoms with Crippen molar-refractivity contribution in [3.05, 3.63) is 58.6 Å². The molecule has 1 saturated heterocycles. The number of benzene rings is 2. The van der Waals surface area contributed by atoms with Crippen LogP contribution < -0.4 is 10.2 Å². The largest absolute Gasteiger partial charge is 0.362 e. The number of sulfonamides is 1. The van der Waals surface area contributed by atoms with Gasteiger partial charge in [-0.15, -0.1) is 0 Å². The molecule has 0 aliphatic carbocycles. The van der Waals surface area contributed by atoms with E-state index in [-0.39, 0.29) is 16.6 Å². The van der Waals surface area contributed by atoms with Crippen LogP contribution >= 0.6 is 0 Å². The number of nitro benzene ring substituents is 1. The predicted octanol–water partition coefficient (Wildman–Crippen LogP) is 2.20. The third-order valence-electron chi connectivity index (χ3n) is 4.85. The topological polar surface area (TPSA) is 116 Å². The first kappa shape index (κ1) is 21.5. The minimum atomic E-state index is -3.60. The fourth-order valence-electron chi connectivity index (χ4n) is 3.18. The summed E-state index contributed by atoms with van der Waals surface area (Å²) in [7, 11) is -0.719. The monoisotopic (exact) mass is 433 g/mol. The average molecular weight is 433 g/mol. The normalized spacial score (nSPS) is 14.6. The van der Waals surface area contributed by atoms with E-state index in [0.717, 1.165) is 4.31 Å². The summed E-state index contributed by atoms with van der Waals surface area (Å²) in [6, 6.07) is 12.2. The van der Waals surface area contributed by atoms with E-state index in [1.807, 2.05) is 4.90 Å². The smallest absolute Gasteiger partial charge is 0.321 e. The Morgan fingerprint density at radius 1 is 1.07 bits per heavy atom. The molecule has 1 heterocycles. The molecule has 11 heteroatoms. The van der Waals surface area contributed by atoms with Crippen LogP contribution in [-0.4, -0.2) is 68.9 Å². The first-order chi connectivity index (χ1) is 14.2. The van der Waals surface area contributed by atoms with Crippen LogP contribution in [0.25, 0.3) is 0 Å². The lowest BCUT2D eigenvalue weighted by Crippen LogP contribution is -2.50. The fraction of sp³-hybridized carbons (Fsp3) is 0.316. The van der Waals surface area contributed by atoms with Crippen LogP contribution in [0.15, 0.2) is 53.4 Å². The zero-order chi connectivity index (χ0) is 21.9. The number of nitrogens with one attached hydrogen (secondary N) is 1. The van der Waals surface area contributed by atoms with Gasteiger partial charge in [-0.05, 0) is 24.3 Å². The van der Waals surface area contributed by atoms with Crippen molar-refractivity contribution in [1.29, 1.82) is 0 Å². The van der Waals surface area contributed by atoms with Gasteiger partial charge < -0.3 is 15.1 Å². The van der Waals surface area contributed by atoms with Crippen molar-refractivity contribution in [2.24, 2.45) is 0 Å². The molecule has 1 aliphatic heterocycles. The number of hydrogen-bond acceptors (Lipinski definition) is 6. The van der Waals surface area contributed by atoms with Crippen LogP contribution in [0.5, 0.6) is 0 Å². The number of para-hydroxylation sites is 2. The summed E-state index contributed by atoms with van der Waals surface area (Å²) < 4.78 is 25.6. The summed E-state index contributed by atoms with van der Waals surface area (Å²) in [6.07, 6.45) is 0. The number of nitro groups is 1. The fourth-order valence-corrected chi connectivity index (χ4v) is 4.13. The Hall–Kier alpha value is -3.18. The second-order valence-corrected chi connectivity index (χ2v) is 9.12. The van der Waals surface area contributed by atoms with Gasteiger partial charge in [0.05, 0.1) is 9.82 Å². The molecule has 2 aromatic rings. The third kappa shape index (κ3) is 4.52. The van der Waals surface area contributed by atoms with Crippen LogP contribution in [0.1, 0.15) is 0 Å². The first-order valence-electron chi connectivity index (χ1n) is 9.27. The minimum Gasteiger partial charge on any atom is -0.362 e. The number of hydrogen-bond donors (Lipinski definition) is 1. The van der Waals surface area contributed by atoms with Gasteiger partial charge in [0.25, 0.3) is 5.69 Å². The van der Waals surface area contributed by atoms with Crippen molar-refractivity contribution in [2.45, 2.75) is 4.90 Å². The minimum absolute atomic E-state index is 0.0364. The van der Waals surface area contributed by atoms with Gasteiger partial charge >= 0.3 is 6.03 Å². The maximum absolute atomic E-state index is 12.6. The van der Waals surface area contributed by atoms with Gasteiger partial charge in [-0.2, -0.15) is 0 Å². The van der Waals surface area contributed by atoms with E-state index in [4.69, 9.17) is 0 Å². The first-order valence-corrected chi connectivity index (χ1v) is 10.7. The van der Waals surface area contributed by atoms with Crippen molar-refractivity contribution in [3.8, 4) is 0 Å². The number of carbonyl (C=O) groups is 1. The summed E-state index contributed by atoms with van der Waals surface area (Å²) >= 11 is 0. The second kappa shape index (κ2) is 8.67. The van der Waals surface area contributed by atoms with Gasteiger partial charge in [-0.3, -0.25) is 10.1 Å². The van der Waals surface area contributed by atoms with Crippen LogP contribution in [0.4, 0.5) is 21.9 Å². The summed E-state index contributed by atoms with van der Waals surface area (Å²) in [5, 5.41) is 14.0. The van der Waals surface area contributed by atoms with Gasteiger partial charge in [-0.1, -0.05) is 18.2 Å². The average Bonchev–Trinajstić information content (AvgIpc) is 2.74. The molecule has 0 spiro atoms. The molecule has 0 saturated carbocycles. The van der Waals surface area contributed by atoms with Crippen LogP contribution in [-0.2, 0) is 10.0 Å². The third-order valence-corrected chi connectivity index (χ3v) is 6.66. The Morgan fingerprint density at radius 3 is 2.37 bits per heavy atom. The SMILES string of the molecule is CN(C)S(=O)(=O)c1cccc(NC(=O)N2CCN(c3ccccc3[N+](=O)[O-])CC2)c1. The molecule has 0 atom stereocenters. The molecule has 1 fully saturated rings. The van der Waals surface area contributed by atoms with Gasteiger partial charge in [0, 0.05) is 52.0 Å². The molecule has 1 N–H and O–H groups in total. The van der Waals surface area contributed by atoms with Gasteiger partial charge in [0.2, 0.25) is 10.0 Å². The number of urea groups is 1. The zero-order valence-corrected chi connectivity index (χ0v) is 17.5. The number of rotatable bonds is 5. The standard InChI is InChI=1S/C19H23N5O5S/c1-21(2)30(28,29)16-7-5-6-15(14-16)20-19(25)23-12-10-22(11-13-23)17-8-3-4-9-18(17)24(26)27/h3-9,14H,10-13H2,1-2H3,(H,20,25). The molecule has 0 aromatic heterocycles. The van der Waals surface area contributed by atoms with E-state index in [2.05, 4.69) is 5.32 Å². The van der Waals surface area contributed by atoms with E-state index in [1.165, 1.54) is 32.3 Å². The highest BCUT2D eigenvalue weighted by molar-refractivity contribution is 7.89. The highest BCUT2D eigenvalue weighted by Gasteiger charge is 2.26. The summed E-state index contributed by atoms with van der Waals surface area (Å²) in [4.78, 5) is 27.0. The Bertz CT molecular complexity index is 1050. The molecule has 3 rings (SSSR count). The lowest BCUT2D eigenvalue weighted by atomic mass is 10.2. The molecule has 30 heavy (non-hydrogen) atoms. The molecule has 160 valence electrons. The molecular formula is C19H23N5O5S. The van der Waals surface area contributed by atoms with Crippen molar-refractivity contribution in [1.82, 2.24) is 9.21 Å². The van der Waals surface area contributed by atoms with Crippen LogP contribution in [0.3, 0.4) is 0 Å². The molecule has 2 aromatic carbocycles. The maximum atomic E-state index is 12.6. The maximum Gasteiger partial charge on any atom is 0.321 e. The Labute approximate surface area is 174 Å². The van der Waals surface area contributed by atoms with Crippen LogP contribution in [0.2, 0.25) is 0 Å². The number of anilines is 2. The van der Waals surface area contributed by atoms with E-state index in [1.54, 1.807) is 35.2 Å². The van der Waals surface area contributed by atoms with Gasteiger partial charge in [-0.25, -0.2) is 17.5 Å². The van der Waals surface area contributed by atoms with Crippen molar-refractivity contribution in [2.75, 3.05) is 50.5 Å². The Balaban J connectivity index is 1.65. The highest BCUT2D eigenvalue weighted by atomic mass is 32.2. The summed E-state index contributed by atoms with van der Waals surface area (Å²) in [5.74, 6) is 0. The lowest BCUT2D eigenvalue weighted by molar-refractivity contribution is -0.384. The highest BCUT2D eigenvalue weighted by Crippen LogP contribution is 2.28. The number of carbonyl (C=O) groups excluding carboxylic acids is 1. The number of nitrogens with zero attached hydrogens (tertiary/aromatic N) is 4. The Kier molecular flexibility index (Phi) is 6.22. The predicted molar refractivity (Wildman–Crippen MR) is 113 cm³/mol. The van der Waals surface area contributed by atoms with Crippen molar-refractivity contribution < 1.29 is 18.1 Å². The molecule has 2 amide bonds. The molecule has 0 bridgehead atoms. The molecular weight excluding hydrogens is 410 g/mol. The zero-order valence-electron chi connectivity index (χ0n) is 16.7. The van der Waals surface area contributed by atoms with E-state index in [9.17, 15) is 23.3 Å². The molecule has 0 radical (unpaired) electrons. The van der Waals surface area contributed by atoms with E-state index in [0.29, 0.717) is 37.6 Å². The van der Waals surface area contributed by atoms with E-state index >= 15 is 0 Å².